The Hall–Kier alpha value is -3.04. The van der Waals surface area contributed by atoms with Gasteiger partial charge in [-0.25, -0.2) is 14.8 Å². The standard InChI is InChI=1S/C21H22ClN5O3.C19H20ClN5O.CH2Cl2.B30/c1-26-18-13(11-16(19(26)28)15-5-3-4-6-17(15)22)12-23-20(25-18)24-14-7-9-27(10-8-14)21(29)30-2;1-25-17-12(10-15(18(25)26)14-4-2-3-5-16(14)20)11-22-19(24-17)23-13-6-8-21-9-7-13;2-1-3;1-17(2)25(18(3)4)29(26(19(5)6)20(7)8)30(27(21(9)10)22(11)12)28(23(13)14)24(15)16/h3-6,11-12,14H,7-10H2,1-2H3,(H,23,24,25);2-5,10-11,13,21H,6-9H2,1H3,(H,22,23,24);1H2;. The van der Waals surface area contributed by atoms with Crippen LogP contribution in [0.1, 0.15) is 25.7 Å². The third kappa shape index (κ3) is 20.5. The van der Waals surface area contributed by atoms with Crippen molar-refractivity contribution in [2.75, 3.05) is 49.3 Å². The van der Waals surface area contributed by atoms with Crippen molar-refractivity contribution in [2.45, 2.75) is 37.8 Å². The van der Waals surface area contributed by atoms with E-state index in [9.17, 15) is 14.4 Å². The first-order chi connectivity index (χ1) is 42.1. The van der Waals surface area contributed by atoms with Crippen molar-refractivity contribution in [2.24, 2.45) is 14.1 Å². The molecule has 0 bridgehead atoms. The summed E-state index contributed by atoms with van der Waals surface area (Å²) in [5, 5.41) is 12.8. The monoisotopic (exact) mass is 1210 g/mol. The molecule has 6 heterocycles. The highest BCUT2D eigenvalue weighted by Gasteiger charge is 2.52. The quantitative estimate of drug-likeness (QED) is 0.0538. The summed E-state index contributed by atoms with van der Waals surface area (Å²) in [5.74, 6) is 1.02. The molecule has 89 heavy (non-hydrogen) atoms. The Balaban J connectivity index is 0.000000238. The lowest BCUT2D eigenvalue weighted by Gasteiger charge is -2.50. The molecule has 32 radical (unpaired) electrons. The van der Waals surface area contributed by atoms with E-state index in [2.05, 4.69) is 35.9 Å². The summed E-state index contributed by atoms with van der Waals surface area (Å²) in [5.41, 5.74) is 3.31. The number of amides is 1. The van der Waals surface area contributed by atoms with Gasteiger partial charge in [-0.1, -0.05) is 59.6 Å². The summed E-state index contributed by atoms with van der Waals surface area (Å²) in [6, 6.07) is 18.7. The molecule has 6 aromatic rings. The lowest BCUT2D eigenvalue weighted by atomic mass is 8.31. The number of nitrogens with one attached hydrogen (secondary N) is 3. The van der Waals surface area contributed by atoms with Gasteiger partial charge in [-0.2, -0.15) is 9.97 Å². The Morgan fingerprint density at radius 3 is 1.16 bits per heavy atom. The molecule has 2 aromatic carbocycles. The van der Waals surface area contributed by atoms with Gasteiger partial charge >= 0.3 is 6.09 Å². The van der Waals surface area contributed by atoms with Crippen molar-refractivity contribution in [1.29, 1.82) is 0 Å². The number of methoxy groups -OCH3 is 1. The summed E-state index contributed by atoms with van der Waals surface area (Å²) in [7, 11) is 101. The summed E-state index contributed by atoms with van der Waals surface area (Å²) >= 11 is 22.1. The van der Waals surface area contributed by atoms with Crippen LogP contribution in [0.15, 0.2) is 82.6 Å². The smallest absolute Gasteiger partial charge is 0.409 e. The van der Waals surface area contributed by atoms with Gasteiger partial charge in [0.1, 0.15) is 11.3 Å². The number of carbonyl (C=O) groups is 1. The number of piperidine rings is 2. The van der Waals surface area contributed by atoms with Crippen LogP contribution in [0.4, 0.5) is 16.7 Å². The molecule has 1 amide bonds. The van der Waals surface area contributed by atoms with Gasteiger partial charge < -0.3 is 25.6 Å². The number of carbonyl (C=O) groups excluding carboxylic acids is 1. The average molecular weight is 1210 g/mol. The van der Waals surface area contributed by atoms with Crippen LogP contribution in [0.3, 0.4) is 0 Å². The van der Waals surface area contributed by atoms with Crippen LogP contribution in [0, 0.1) is 0 Å². The van der Waals surface area contributed by atoms with Crippen molar-refractivity contribution in [1.82, 2.24) is 39.3 Å². The van der Waals surface area contributed by atoms with E-state index in [1.807, 2.05) is 42.5 Å². The molecule has 2 saturated heterocycles. The number of hydrogen-bond acceptors (Lipinski definition) is 11. The molecule has 4 aromatic heterocycles. The third-order valence-corrected chi connectivity index (χ3v) is 16.6. The minimum absolute atomic E-state index is 0.128. The van der Waals surface area contributed by atoms with Crippen molar-refractivity contribution in [3.8, 4) is 22.3 Å². The van der Waals surface area contributed by atoms with Gasteiger partial charge in [0.2, 0.25) is 11.9 Å². The first kappa shape index (κ1) is 76.7. The average Bonchev–Trinajstić information content (AvgIpc) is 0.979. The van der Waals surface area contributed by atoms with Crippen LogP contribution in [0.2, 0.25) is 10.0 Å². The summed E-state index contributed by atoms with van der Waals surface area (Å²) in [4.78, 5) is 57.1. The topological polar surface area (TPSA) is 161 Å². The first-order valence-electron chi connectivity index (χ1n) is 28.6. The van der Waals surface area contributed by atoms with Crippen LogP contribution in [-0.4, -0.2) is 304 Å². The number of aromatic nitrogens is 6. The highest BCUT2D eigenvalue weighted by molar-refractivity contribution is 8.27. The molecule has 2 aliphatic heterocycles. The minimum atomic E-state index is -1.07. The third-order valence-electron chi connectivity index (χ3n) is 15.9. The number of anilines is 2. The normalized spacial score (nSPS) is 12.8. The molecule has 48 heteroatoms. The number of alkyl halides is 2. The number of hydrogen-bond donors (Lipinski definition) is 3. The number of aryl methyl sites for hydroxylation is 2. The fourth-order valence-electron chi connectivity index (χ4n) is 11.7. The summed E-state index contributed by atoms with van der Waals surface area (Å²) in [6.07, 6.45) is -6.96. The predicted molar refractivity (Wildman–Crippen MR) is 410 cm³/mol. The van der Waals surface area contributed by atoms with Crippen LogP contribution < -0.4 is 27.1 Å². The number of likely N-dealkylation sites (tertiary alicyclic amines) is 1. The minimum Gasteiger partial charge on any atom is -0.453 e. The van der Waals surface area contributed by atoms with E-state index >= 15 is 0 Å². The van der Waals surface area contributed by atoms with E-state index in [4.69, 9.17) is 175 Å². The zero-order valence-corrected chi connectivity index (χ0v) is 53.1. The van der Waals surface area contributed by atoms with Crippen molar-refractivity contribution >= 4 is 300 Å². The Bertz CT molecular complexity index is 3250. The zero-order valence-electron chi connectivity index (χ0n) is 50.0. The predicted octanol–water partition coefficient (Wildman–Crippen LogP) is -3.90. The van der Waals surface area contributed by atoms with E-state index < -0.39 is 89.4 Å². The fraction of sp³-hybridized carbons (Fsp3) is 0.341. The molecule has 0 unspecified atom stereocenters. The maximum atomic E-state index is 12.9. The maximum Gasteiger partial charge on any atom is 0.409 e. The molecule has 0 saturated carbocycles. The first-order valence-corrected chi connectivity index (χ1v) is 30.4. The second kappa shape index (κ2) is 36.6. The van der Waals surface area contributed by atoms with Gasteiger partial charge in [0, 0.05) is 308 Å². The highest BCUT2D eigenvalue weighted by atomic mass is 35.5. The number of pyridine rings is 2. The van der Waals surface area contributed by atoms with Crippen LogP contribution in [0.25, 0.3) is 44.3 Å². The van der Waals surface area contributed by atoms with Crippen LogP contribution in [-0.2, 0) is 18.8 Å². The number of fused-ring (bicyclic) bond motifs is 2. The maximum absolute atomic E-state index is 12.9. The highest BCUT2D eigenvalue weighted by Crippen LogP contribution is 2.29. The molecule has 3 N–H and O–H groups in total. The number of nitrogens with zero attached hydrogens (tertiary/aromatic N) is 7. The molecule has 8 rings (SSSR count). The molecular formula is C41H44B30Cl4N10O4. The number of halogens is 4. The molecule has 0 aliphatic carbocycles. The van der Waals surface area contributed by atoms with E-state index in [-0.39, 0.29) is 28.6 Å². The van der Waals surface area contributed by atoms with Gasteiger partial charge in [-0.05, 0) is 63.0 Å². The van der Waals surface area contributed by atoms with Crippen molar-refractivity contribution in [3.63, 3.8) is 0 Å². The SMILES string of the molecule is COC(=O)N1CCC(Nc2ncc3cc(-c4ccccc4Cl)c(=O)n(C)c3n2)CC1.ClCCl.Cn1c(=O)c(-c2ccccc2Cl)cc2cnc(NC3CCNCC3)nc21.[B]B([B])B(B([B])[B])B(B(B([B])[B])B([B])[B])B(B(B([B])[B])B([B])[B])B(B([B])[B])B([B])[B]. The van der Waals surface area contributed by atoms with Crippen LogP contribution >= 0.6 is 46.4 Å². The van der Waals surface area contributed by atoms with Gasteiger partial charge in [0.05, 0.1) is 12.4 Å². The second-order valence-corrected chi connectivity index (χ2v) is 23.6. The Labute approximate surface area is 571 Å². The van der Waals surface area contributed by atoms with E-state index in [1.54, 1.807) is 54.2 Å². The molecule has 400 valence electrons. The fourth-order valence-corrected chi connectivity index (χ4v) is 12.1. The van der Waals surface area contributed by atoms with Gasteiger partial charge in [0.15, 0.2) is 0 Å². The molecular weight excluding hydrogens is 1160 g/mol. The van der Waals surface area contributed by atoms with Gasteiger partial charge in [-0.15, -0.1) is 23.2 Å². The van der Waals surface area contributed by atoms with Crippen molar-refractivity contribution in [3.05, 3.63) is 104 Å². The Morgan fingerprint density at radius 1 is 0.539 bits per heavy atom. The van der Waals surface area contributed by atoms with Crippen LogP contribution in [0.5, 0.6) is 0 Å². The zero-order chi connectivity index (χ0) is 66.1. The number of rotatable bonds is 19. The Kier molecular flexibility index (Phi) is 31.5. The molecule has 2 fully saturated rings. The van der Waals surface area contributed by atoms with Gasteiger partial charge in [-0.3, -0.25) is 18.7 Å². The van der Waals surface area contributed by atoms with Gasteiger partial charge in [0.25, 0.3) is 11.1 Å². The molecule has 2 aliphatic rings. The lowest BCUT2D eigenvalue weighted by molar-refractivity contribution is 0.113. The second-order valence-electron chi connectivity index (χ2n) is 22.0. The summed E-state index contributed by atoms with van der Waals surface area (Å²) < 4.78 is 7.84. The van der Waals surface area contributed by atoms with E-state index in [0.717, 1.165) is 49.5 Å². The number of ether oxygens (including phenoxy) is 1. The molecule has 14 nitrogen and oxygen atoms in total. The summed E-state index contributed by atoms with van der Waals surface area (Å²) in [6.45, 7) is 3.20. The largest absolute Gasteiger partial charge is 0.453 e. The van der Waals surface area contributed by atoms with E-state index in [1.165, 1.54) is 11.7 Å². The van der Waals surface area contributed by atoms with Crippen molar-refractivity contribution < 1.29 is 9.53 Å². The van der Waals surface area contributed by atoms with E-state index in [0.29, 0.717) is 74.6 Å². The number of benzene rings is 2. The molecule has 0 atom stereocenters. The lowest BCUT2D eigenvalue weighted by Crippen LogP contribution is -2.88. The molecule has 0 spiro atoms. The Morgan fingerprint density at radius 2 is 0.854 bits per heavy atom.